The van der Waals surface area contributed by atoms with Gasteiger partial charge in [0.2, 0.25) is 0 Å². The summed E-state index contributed by atoms with van der Waals surface area (Å²) in [7, 11) is 0. The van der Waals surface area contributed by atoms with Crippen LogP contribution in [0.1, 0.15) is 25.0 Å². The maximum atomic E-state index is 5.97. The van der Waals surface area contributed by atoms with Crippen LogP contribution in [0.2, 0.25) is 5.02 Å². The molecule has 2 heteroatoms. The summed E-state index contributed by atoms with van der Waals surface area (Å²) in [5, 5.41) is 3.96. The van der Waals surface area contributed by atoms with Crippen LogP contribution in [-0.4, -0.2) is 6.04 Å². The lowest BCUT2D eigenvalue weighted by molar-refractivity contribution is 0.589. The zero-order valence-electron chi connectivity index (χ0n) is 8.47. The summed E-state index contributed by atoms with van der Waals surface area (Å²) in [4.78, 5) is 0. The number of halogens is 1. The van der Waals surface area contributed by atoms with Gasteiger partial charge in [0, 0.05) is 18.2 Å². The predicted octanol–water partition coefficient (Wildman–Crippen LogP) is 2.82. The average Bonchev–Trinajstić information content (AvgIpc) is 2.15. The van der Waals surface area contributed by atoms with Crippen molar-refractivity contribution in [2.75, 3.05) is 0 Å². The monoisotopic (exact) mass is 207 g/mol. The van der Waals surface area contributed by atoms with Gasteiger partial charge in [-0.1, -0.05) is 37.4 Å². The first-order chi connectivity index (χ1) is 6.63. The minimum absolute atomic E-state index is 0.473. The molecule has 1 aromatic rings. The van der Waals surface area contributed by atoms with Crippen molar-refractivity contribution in [3.8, 4) is 12.3 Å². The minimum Gasteiger partial charge on any atom is -0.310 e. The second-order valence-electron chi connectivity index (χ2n) is 3.49. The van der Waals surface area contributed by atoms with Gasteiger partial charge in [-0.05, 0) is 17.7 Å². The van der Waals surface area contributed by atoms with Crippen molar-refractivity contribution in [3.05, 3.63) is 34.3 Å². The van der Waals surface area contributed by atoms with Gasteiger partial charge in [-0.2, -0.15) is 0 Å². The maximum Gasteiger partial charge on any atom is 0.0565 e. The van der Waals surface area contributed by atoms with Gasteiger partial charge >= 0.3 is 0 Å². The van der Waals surface area contributed by atoms with Crippen LogP contribution in [0.15, 0.2) is 18.2 Å². The fraction of sp³-hybridized carbons (Fsp3) is 0.333. The van der Waals surface area contributed by atoms with Crippen LogP contribution in [0, 0.1) is 12.3 Å². The molecule has 0 aromatic heterocycles. The first-order valence-electron chi connectivity index (χ1n) is 4.62. The van der Waals surface area contributed by atoms with Gasteiger partial charge in [0.15, 0.2) is 0 Å². The summed E-state index contributed by atoms with van der Waals surface area (Å²) in [5.74, 6) is 2.53. The van der Waals surface area contributed by atoms with Crippen LogP contribution in [0.25, 0.3) is 0 Å². The van der Waals surface area contributed by atoms with E-state index in [1.54, 1.807) is 0 Å². The molecule has 0 saturated carbocycles. The Morgan fingerprint density at radius 1 is 1.50 bits per heavy atom. The molecule has 1 nitrogen and oxygen atoms in total. The van der Waals surface area contributed by atoms with E-state index >= 15 is 0 Å². The summed E-state index contributed by atoms with van der Waals surface area (Å²) in [6, 6.07) is 6.25. The molecule has 14 heavy (non-hydrogen) atoms. The quantitative estimate of drug-likeness (QED) is 0.752. The van der Waals surface area contributed by atoms with Crippen molar-refractivity contribution in [1.29, 1.82) is 0 Å². The fourth-order valence-electron chi connectivity index (χ4n) is 1.11. The molecule has 0 spiro atoms. The highest BCUT2D eigenvalue weighted by molar-refractivity contribution is 6.31. The number of hydrogen-bond donors (Lipinski definition) is 1. The molecule has 0 radical (unpaired) electrons. The number of benzene rings is 1. The molecule has 74 valence electrons. The zero-order valence-corrected chi connectivity index (χ0v) is 9.23. The largest absolute Gasteiger partial charge is 0.310 e. The predicted molar refractivity (Wildman–Crippen MR) is 61.4 cm³/mol. The third-order valence-electron chi connectivity index (χ3n) is 1.90. The van der Waals surface area contributed by atoms with Gasteiger partial charge in [-0.3, -0.25) is 0 Å². The Balaban J connectivity index is 2.73. The van der Waals surface area contributed by atoms with Gasteiger partial charge < -0.3 is 5.32 Å². The summed E-state index contributed by atoms with van der Waals surface area (Å²) in [6.45, 7) is 5.04. The van der Waals surface area contributed by atoms with E-state index in [9.17, 15) is 0 Å². The highest BCUT2D eigenvalue weighted by atomic mass is 35.5. The third-order valence-corrected chi connectivity index (χ3v) is 2.22. The van der Waals surface area contributed by atoms with Gasteiger partial charge in [-0.25, -0.2) is 0 Å². The Labute approximate surface area is 90.5 Å². The molecule has 0 heterocycles. The van der Waals surface area contributed by atoms with E-state index in [1.165, 1.54) is 0 Å². The Bertz CT molecular complexity index is 350. The summed E-state index contributed by atoms with van der Waals surface area (Å²) < 4.78 is 0. The van der Waals surface area contributed by atoms with Crippen LogP contribution < -0.4 is 5.32 Å². The molecule has 0 unspecified atom stereocenters. The Morgan fingerprint density at radius 2 is 2.21 bits per heavy atom. The molecule has 1 N–H and O–H groups in total. The molecule has 0 fully saturated rings. The van der Waals surface area contributed by atoms with Gasteiger partial charge in [-0.15, -0.1) is 6.42 Å². The molecule has 1 rings (SSSR count). The normalized spacial score (nSPS) is 10.2. The van der Waals surface area contributed by atoms with Gasteiger partial charge in [0.1, 0.15) is 0 Å². The van der Waals surface area contributed by atoms with Crippen molar-refractivity contribution in [3.63, 3.8) is 0 Å². The van der Waals surface area contributed by atoms with Gasteiger partial charge in [0.25, 0.3) is 0 Å². The first-order valence-corrected chi connectivity index (χ1v) is 4.99. The molecule has 0 aliphatic rings. The van der Waals surface area contributed by atoms with E-state index < -0.39 is 0 Å². The molecule has 1 aromatic carbocycles. The number of hydrogen-bond acceptors (Lipinski definition) is 1. The summed E-state index contributed by atoms with van der Waals surface area (Å²) >= 11 is 5.97. The van der Waals surface area contributed by atoms with E-state index in [0.717, 1.165) is 17.7 Å². The minimum atomic E-state index is 0.473. The standard InChI is InChI=1S/C12H14ClN/c1-4-11-6-5-10(7-12(11)13)8-14-9(2)3/h1,5-7,9,14H,8H2,2-3H3. The molecule has 0 amide bonds. The summed E-state index contributed by atoms with van der Waals surface area (Å²) in [5.41, 5.74) is 1.91. The van der Waals surface area contributed by atoms with Crippen molar-refractivity contribution in [2.24, 2.45) is 0 Å². The van der Waals surface area contributed by atoms with Crippen molar-refractivity contribution in [2.45, 2.75) is 26.4 Å². The fourth-order valence-corrected chi connectivity index (χ4v) is 1.37. The van der Waals surface area contributed by atoms with Crippen LogP contribution in [0.5, 0.6) is 0 Å². The maximum absolute atomic E-state index is 5.97. The second kappa shape index (κ2) is 5.05. The molecular formula is C12H14ClN. The van der Waals surface area contributed by atoms with Crippen molar-refractivity contribution in [1.82, 2.24) is 5.32 Å². The number of nitrogens with one attached hydrogen (secondary N) is 1. The lowest BCUT2D eigenvalue weighted by Gasteiger charge is -2.08. The van der Waals surface area contributed by atoms with Crippen molar-refractivity contribution >= 4 is 11.6 Å². The highest BCUT2D eigenvalue weighted by Crippen LogP contribution is 2.16. The van der Waals surface area contributed by atoms with Crippen LogP contribution in [0.3, 0.4) is 0 Å². The topological polar surface area (TPSA) is 12.0 Å². The first kappa shape index (κ1) is 11.1. The van der Waals surface area contributed by atoms with E-state index in [1.807, 2.05) is 18.2 Å². The van der Waals surface area contributed by atoms with Crippen LogP contribution >= 0.6 is 11.6 Å². The highest BCUT2D eigenvalue weighted by Gasteiger charge is 2.00. The number of rotatable bonds is 3. The van der Waals surface area contributed by atoms with E-state index in [4.69, 9.17) is 18.0 Å². The smallest absolute Gasteiger partial charge is 0.0565 e. The lowest BCUT2D eigenvalue weighted by atomic mass is 10.1. The second-order valence-corrected chi connectivity index (χ2v) is 3.90. The summed E-state index contributed by atoms with van der Waals surface area (Å²) in [6.07, 6.45) is 5.27. The molecule has 0 bridgehead atoms. The van der Waals surface area contributed by atoms with E-state index in [-0.39, 0.29) is 0 Å². The Kier molecular flexibility index (Phi) is 4.00. The number of terminal acetylenes is 1. The molecule has 0 atom stereocenters. The lowest BCUT2D eigenvalue weighted by Crippen LogP contribution is -2.21. The van der Waals surface area contributed by atoms with Crippen molar-refractivity contribution < 1.29 is 0 Å². The molecular weight excluding hydrogens is 194 g/mol. The Morgan fingerprint density at radius 3 is 2.71 bits per heavy atom. The van der Waals surface area contributed by atoms with E-state index in [2.05, 4.69) is 25.1 Å². The van der Waals surface area contributed by atoms with Crippen LogP contribution in [-0.2, 0) is 6.54 Å². The average molecular weight is 208 g/mol. The molecule has 0 saturated heterocycles. The van der Waals surface area contributed by atoms with Gasteiger partial charge in [0.05, 0.1) is 5.02 Å². The SMILES string of the molecule is C#Cc1ccc(CNC(C)C)cc1Cl. The third kappa shape index (κ3) is 3.06. The molecule has 0 aliphatic carbocycles. The zero-order chi connectivity index (χ0) is 10.6. The van der Waals surface area contributed by atoms with E-state index in [0.29, 0.717) is 11.1 Å². The molecule has 0 aliphatic heterocycles. The Hall–Kier alpha value is -0.970. The van der Waals surface area contributed by atoms with Crippen LogP contribution in [0.4, 0.5) is 0 Å².